The third kappa shape index (κ3) is 2.99. The van der Waals surface area contributed by atoms with Crippen molar-refractivity contribution in [2.24, 2.45) is 5.92 Å². The predicted octanol–water partition coefficient (Wildman–Crippen LogP) is 2.38. The standard InChI is InChI=1S/C17H22N2O3/c1-12(11-20)19(10-13-5-4-6-13)17(21)9-15-14-7-2-3-8-16(14)22-18-15/h2-3,7-8,12-13,20H,4-6,9-11H2,1H3/t12-/m1/s1. The maximum atomic E-state index is 12.7. The van der Waals surface area contributed by atoms with Gasteiger partial charge in [0.25, 0.3) is 0 Å². The van der Waals surface area contributed by atoms with E-state index in [9.17, 15) is 9.90 Å². The van der Waals surface area contributed by atoms with E-state index in [1.165, 1.54) is 19.3 Å². The van der Waals surface area contributed by atoms with Gasteiger partial charge in [-0.3, -0.25) is 4.79 Å². The van der Waals surface area contributed by atoms with E-state index < -0.39 is 0 Å². The maximum Gasteiger partial charge on any atom is 0.229 e. The molecule has 22 heavy (non-hydrogen) atoms. The maximum absolute atomic E-state index is 12.7. The van der Waals surface area contributed by atoms with Crippen molar-refractivity contribution in [2.75, 3.05) is 13.2 Å². The summed E-state index contributed by atoms with van der Waals surface area (Å²) in [6.45, 7) is 2.60. The lowest BCUT2D eigenvalue weighted by Gasteiger charge is -2.35. The van der Waals surface area contributed by atoms with E-state index in [-0.39, 0.29) is 25.0 Å². The Labute approximate surface area is 129 Å². The molecule has 0 unspecified atom stereocenters. The van der Waals surface area contributed by atoms with Gasteiger partial charge in [0, 0.05) is 11.9 Å². The van der Waals surface area contributed by atoms with Crippen molar-refractivity contribution in [3.8, 4) is 0 Å². The van der Waals surface area contributed by atoms with Gasteiger partial charge in [-0.05, 0) is 37.8 Å². The van der Waals surface area contributed by atoms with Crippen LogP contribution in [0, 0.1) is 5.92 Å². The first kappa shape index (κ1) is 15.0. The van der Waals surface area contributed by atoms with E-state index in [1.54, 1.807) is 4.90 Å². The van der Waals surface area contributed by atoms with Gasteiger partial charge in [0.15, 0.2) is 5.58 Å². The number of hydrogen-bond acceptors (Lipinski definition) is 4. The van der Waals surface area contributed by atoms with Gasteiger partial charge >= 0.3 is 0 Å². The van der Waals surface area contributed by atoms with Gasteiger partial charge < -0.3 is 14.5 Å². The van der Waals surface area contributed by atoms with Crippen molar-refractivity contribution in [1.82, 2.24) is 10.1 Å². The fraction of sp³-hybridized carbons (Fsp3) is 0.529. The highest BCUT2D eigenvalue weighted by Gasteiger charge is 2.27. The molecule has 0 saturated heterocycles. The molecule has 1 atom stereocenters. The second-order valence-corrected chi connectivity index (χ2v) is 6.18. The molecule has 118 valence electrons. The topological polar surface area (TPSA) is 66.6 Å². The highest BCUT2D eigenvalue weighted by molar-refractivity contribution is 5.86. The van der Waals surface area contributed by atoms with Crippen molar-refractivity contribution >= 4 is 16.9 Å². The molecule has 5 nitrogen and oxygen atoms in total. The van der Waals surface area contributed by atoms with Gasteiger partial charge in [-0.15, -0.1) is 0 Å². The minimum atomic E-state index is -0.161. The Morgan fingerprint density at radius 2 is 2.23 bits per heavy atom. The number of carbonyl (C=O) groups is 1. The molecule has 1 heterocycles. The third-order valence-corrected chi connectivity index (χ3v) is 4.57. The number of carbonyl (C=O) groups excluding carboxylic acids is 1. The van der Waals surface area contributed by atoms with Crippen molar-refractivity contribution in [2.45, 2.75) is 38.6 Å². The lowest BCUT2D eigenvalue weighted by molar-refractivity contribution is -0.134. The number of aliphatic hydroxyl groups excluding tert-OH is 1. The van der Waals surface area contributed by atoms with Crippen LogP contribution in [0.4, 0.5) is 0 Å². The smallest absolute Gasteiger partial charge is 0.229 e. The summed E-state index contributed by atoms with van der Waals surface area (Å²) in [5.74, 6) is 0.583. The number of rotatable bonds is 6. The molecule has 1 N–H and O–H groups in total. The van der Waals surface area contributed by atoms with E-state index in [4.69, 9.17) is 4.52 Å². The molecule has 0 bridgehead atoms. The molecule has 1 aliphatic rings. The van der Waals surface area contributed by atoms with Gasteiger partial charge in [-0.25, -0.2) is 0 Å². The van der Waals surface area contributed by atoms with Gasteiger partial charge in [0.05, 0.1) is 19.1 Å². The Bertz CT molecular complexity index is 648. The van der Waals surface area contributed by atoms with Crippen LogP contribution in [-0.2, 0) is 11.2 Å². The van der Waals surface area contributed by atoms with E-state index in [0.29, 0.717) is 17.2 Å². The summed E-state index contributed by atoms with van der Waals surface area (Å²) in [4.78, 5) is 14.5. The summed E-state index contributed by atoms with van der Waals surface area (Å²) in [6, 6.07) is 7.40. The van der Waals surface area contributed by atoms with Gasteiger partial charge in [-0.2, -0.15) is 0 Å². The summed E-state index contributed by atoms with van der Waals surface area (Å²) in [6.07, 6.45) is 3.81. The van der Waals surface area contributed by atoms with Crippen LogP contribution in [0.3, 0.4) is 0 Å². The third-order valence-electron chi connectivity index (χ3n) is 4.57. The lowest BCUT2D eigenvalue weighted by atomic mass is 9.85. The zero-order chi connectivity index (χ0) is 15.5. The zero-order valence-electron chi connectivity index (χ0n) is 12.9. The summed E-state index contributed by atoms with van der Waals surface area (Å²) in [5, 5.41) is 14.3. The van der Waals surface area contributed by atoms with Crippen molar-refractivity contribution in [3.63, 3.8) is 0 Å². The summed E-state index contributed by atoms with van der Waals surface area (Å²) >= 11 is 0. The van der Waals surface area contributed by atoms with Crippen LogP contribution in [-0.4, -0.2) is 40.3 Å². The molecule has 1 aromatic carbocycles. The lowest BCUT2D eigenvalue weighted by Crippen LogP contribution is -2.45. The predicted molar refractivity (Wildman–Crippen MR) is 83.3 cm³/mol. The molecule has 2 aromatic rings. The molecule has 5 heteroatoms. The Hall–Kier alpha value is -1.88. The van der Waals surface area contributed by atoms with Crippen molar-refractivity contribution in [1.29, 1.82) is 0 Å². The molecular formula is C17H22N2O3. The minimum Gasteiger partial charge on any atom is -0.394 e. The van der Waals surface area contributed by atoms with Gasteiger partial charge in [0.2, 0.25) is 5.91 Å². The van der Waals surface area contributed by atoms with E-state index in [0.717, 1.165) is 11.9 Å². The average Bonchev–Trinajstić information content (AvgIpc) is 2.89. The van der Waals surface area contributed by atoms with Crippen LogP contribution in [0.25, 0.3) is 11.0 Å². The number of nitrogens with zero attached hydrogens (tertiary/aromatic N) is 2. The summed E-state index contributed by atoms with van der Waals surface area (Å²) in [7, 11) is 0. The molecular weight excluding hydrogens is 280 g/mol. The molecule has 0 spiro atoms. The van der Waals surface area contributed by atoms with Crippen molar-refractivity contribution < 1.29 is 14.4 Å². The Kier molecular flexibility index (Phi) is 4.43. The van der Waals surface area contributed by atoms with E-state index >= 15 is 0 Å². The minimum absolute atomic E-state index is 0.00695. The molecule has 1 aromatic heterocycles. The Morgan fingerprint density at radius 1 is 1.45 bits per heavy atom. The monoisotopic (exact) mass is 302 g/mol. The number of hydrogen-bond donors (Lipinski definition) is 1. The second kappa shape index (κ2) is 6.48. The average molecular weight is 302 g/mol. The van der Waals surface area contributed by atoms with Crippen LogP contribution in [0.1, 0.15) is 31.9 Å². The number of amides is 1. The first-order chi connectivity index (χ1) is 10.7. The normalized spacial score (nSPS) is 16.5. The quantitative estimate of drug-likeness (QED) is 0.889. The van der Waals surface area contributed by atoms with Crippen LogP contribution in [0.15, 0.2) is 28.8 Å². The highest BCUT2D eigenvalue weighted by atomic mass is 16.5. The Morgan fingerprint density at radius 3 is 2.91 bits per heavy atom. The highest BCUT2D eigenvalue weighted by Crippen LogP contribution is 2.28. The first-order valence-electron chi connectivity index (χ1n) is 7.92. The SMILES string of the molecule is C[C@H](CO)N(CC1CCC1)C(=O)Cc1noc2ccccc12. The Balaban J connectivity index is 1.74. The molecule has 1 aliphatic carbocycles. The van der Waals surface area contributed by atoms with Crippen LogP contribution in [0.5, 0.6) is 0 Å². The van der Waals surface area contributed by atoms with Crippen molar-refractivity contribution in [3.05, 3.63) is 30.0 Å². The number of aromatic nitrogens is 1. The van der Waals surface area contributed by atoms with Gasteiger partial charge in [-0.1, -0.05) is 23.7 Å². The van der Waals surface area contributed by atoms with Crippen LogP contribution >= 0.6 is 0 Å². The molecule has 1 fully saturated rings. The summed E-state index contributed by atoms with van der Waals surface area (Å²) < 4.78 is 5.26. The van der Waals surface area contributed by atoms with Crippen LogP contribution in [0.2, 0.25) is 0 Å². The molecule has 1 saturated carbocycles. The fourth-order valence-electron chi connectivity index (χ4n) is 2.89. The number of fused-ring (bicyclic) bond motifs is 1. The first-order valence-corrected chi connectivity index (χ1v) is 7.92. The molecule has 1 amide bonds. The second-order valence-electron chi connectivity index (χ2n) is 6.18. The molecule has 0 aliphatic heterocycles. The zero-order valence-corrected chi connectivity index (χ0v) is 12.9. The number of para-hydroxylation sites is 1. The molecule has 3 rings (SSSR count). The van der Waals surface area contributed by atoms with E-state index in [1.807, 2.05) is 31.2 Å². The number of aliphatic hydroxyl groups is 1. The summed E-state index contributed by atoms with van der Waals surface area (Å²) in [5.41, 5.74) is 1.37. The fourth-order valence-corrected chi connectivity index (χ4v) is 2.89. The van der Waals surface area contributed by atoms with E-state index in [2.05, 4.69) is 5.16 Å². The van der Waals surface area contributed by atoms with Crippen LogP contribution < -0.4 is 0 Å². The largest absolute Gasteiger partial charge is 0.394 e. The number of benzene rings is 1. The molecule has 0 radical (unpaired) electrons. The van der Waals surface area contributed by atoms with Gasteiger partial charge in [0.1, 0.15) is 5.69 Å².